The van der Waals surface area contributed by atoms with E-state index in [2.05, 4.69) is 20.8 Å². The zero-order valence-corrected chi connectivity index (χ0v) is 13.5. The average Bonchev–Trinajstić information content (AvgIpc) is 3.03. The Morgan fingerprint density at radius 3 is 2.88 bits per heavy atom. The molecule has 0 unspecified atom stereocenters. The zero-order valence-electron chi connectivity index (χ0n) is 13.5. The van der Waals surface area contributed by atoms with Crippen molar-refractivity contribution in [3.05, 3.63) is 65.6 Å². The maximum Gasteiger partial charge on any atom is 0.315 e. The van der Waals surface area contributed by atoms with Gasteiger partial charge in [0.15, 0.2) is 11.5 Å². The molecule has 3 rings (SSSR count). The molecule has 130 valence electrons. The lowest BCUT2D eigenvalue weighted by atomic mass is 10.0. The number of hydrogen-bond donors (Lipinski definition) is 2. The minimum absolute atomic E-state index is 0.116. The number of urea groups is 1. The highest BCUT2D eigenvalue weighted by Gasteiger charge is 2.17. The summed E-state index contributed by atoms with van der Waals surface area (Å²) < 4.78 is 29.0. The number of fused-ring (bicyclic) bond motifs is 1. The summed E-state index contributed by atoms with van der Waals surface area (Å²) >= 11 is 0. The van der Waals surface area contributed by atoms with E-state index < -0.39 is 23.7 Å². The molecule has 0 saturated carbocycles. The first-order valence-electron chi connectivity index (χ1n) is 7.86. The van der Waals surface area contributed by atoms with Crippen molar-refractivity contribution >= 4 is 11.7 Å². The van der Waals surface area contributed by atoms with Gasteiger partial charge in [0.2, 0.25) is 0 Å². The molecule has 0 saturated heterocycles. The Kier molecular flexibility index (Phi) is 4.87. The molecule has 1 aromatic carbocycles. The minimum atomic E-state index is -0.633. The van der Waals surface area contributed by atoms with Crippen LogP contribution in [0.5, 0.6) is 0 Å². The summed E-state index contributed by atoms with van der Waals surface area (Å²) in [6.07, 6.45) is 2.21. The number of carbonyl (C=O) groups excluding carboxylic acids is 1. The van der Waals surface area contributed by atoms with Gasteiger partial charge >= 0.3 is 6.03 Å². The molecule has 0 radical (unpaired) electrons. The molecule has 2 heterocycles. The number of amides is 2. The van der Waals surface area contributed by atoms with Gasteiger partial charge in [-0.25, -0.2) is 13.6 Å². The summed E-state index contributed by atoms with van der Waals surface area (Å²) in [5.74, 6) is -0.542. The third-order valence-electron chi connectivity index (χ3n) is 3.84. The van der Waals surface area contributed by atoms with Crippen molar-refractivity contribution in [1.82, 2.24) is 25.2 Å². The largest absolute Gasteiger partial charge is 0.331 e. The molecule has 0 fully saturated rings. The summed E-state index contributed by atoms with van der Waals surface area (Å²) in [7, 11) is 0. The molecular weight excluding hydrogens is 328 g/mol. The maximum absolute atomic E-state index is 13.9. The lowest BCUT2D eigenvalue weighted by Crippen LogP contribution is -2.38. The van der Waals surface area contributed by atoms with Gasteiger partial charge in [0, 0.05) is 11.8 Å². The van der Waals surface area contributed by atoms with Crippen LogP contribution in [0.3, 0.4) is 0 Å². The van der Waals surface area contributed by atoms with Crippen LogP contribution in [-0.4, -0.2) is 20.6 Å². The van der Waals surface area contributed by atoms with Crippen LogP contribution in [0.25, 0.3) is 5.65 Å². The number of nitrogens with zero attached hydrogens (tertiary/aromatic N) is 3. The standard InChI is InChI=1S/C17H17F2N5O/c1-2-14(12-9-11(18)6-7-13(12)19)21-17(25)20-10-16-23-22-15-5-3-4-8-24(15)16/h3-9,14H,2,10H2,1H3,(H2,20,21,25)/t14-/m1/s1. The van der Waals surface area contributed by atoms with E-state index in [1.54, 1.807) is 23.6 Å². The predicted octanol–water partition coefficient (Wildman–Crippen LogP) is 2.96. The molecule has 0 aliphatic rings. The van der Waals surface area contributed by atoms with Crippen LogP contribution in [0, 0.1) is 11.6 Å². The SMILES string of the molecule is CC[C@@H](NC(=O)NCc1nnc2ccccn12)c1cc(F)ccc1F. The van der Waals surface area contributed by atoms with Gasteiger partial charge < -0.3 is 10.6 Å². The molecule has 1 atom stereocenters. The van der Waals surface area contributed by atoms with Crippen molar-refractivity contribution in [3.8, 4) is 0 Å². The number of carbonyl (C=O) groups is 1. The van der Waals surface area contributed by atoms with Gasteiger partial charge in [0.25, 0.3) is 0 Å². The summed E-state index contributed by atoms with van der Waals surface area (Å²) in [5.41, 5.74) is 0.790. The number of aromatic nitrogens is 3. The number of rotatable bonds is 5. The summed E-state index contributed by atoms with van der Waals surface area (Å²) in [4.78, 5) is 12.1. The zero-order chi connectivity index (χ0) is 17.8. The van der Waals surface area contributed by atoms with Gasteiger partial charge in [-0.05, 0) is 36.8 Å². The highest BCUT2D eigenvalue weighted by Crippen LogP contribution is 2.21. The average molecular weight is 345 g/mol. The third-order valence-corrected chi connectivity index (χ3v) is 3.84. The fourth-order valence-corrected chi connectivity index (χ4v) is 2.56. The molecule has 2 aromatic heterocycles. The minimum Gasteiger partial charge on any atom is -0.331 e. The van der Waals surface area contributed by atoms with Gasteiger partial charge in [-0.2, -0.15) is 0 Å². The van der Waals surface area contributed by atoms with Crippen molar-refractivity contribution < 1.29 is 13.6 Å². The number of benzene rings is 1. The fraction of sp³-hybridized carbons (Fsp3) is 0.235. The van der Waals surface area contributed by atoms with Crippen LogP contribution in [0.2, 0.25) is 0 Å². The molecule has 8 heteroatoms. The highest BCUT2D eigenvalue weighted by atomic mass is 19.1. The third kappa shape index (κ3) is 3.73. The number of hydrogen-bond acceptors (Lipinski definition) is 3. The van der Waals surface area contributed by atoms with Crippen molar-refractivity contribution in [2.24, 2.45) is 0 Å². The van der Waals surface area contributed by atoms with Crippen LogP contribution in [0.4, 0.5) is 13.6 Å². The monoisotopic (exact) mass is 345 g/mol. The first-order valence-corrected chi connectivity index (χ1v) is 7.86. The van der Waals surface area contributed by atoms with Crippen LogP contribution in [0.15, 0.2) is 42.6 Å². The number of nitrogens with one attached hydrogen (secondary N) is 2. The van der Waals surface area contributed by atoms with Gasteiger partial charge in [0.05, 0.1) is 12.6 Å². The Morgan fingerprint density at radius 2 is 2.08 bits per heavy atom. The Balaban J connectivity index is 1.66. The van der Waals surface area contributed by atoms with E-state index in [-0.39, 0.29) is 12.1 Å². The topological polar surface area (TPSA) is 71.3 Å². The molecule has 0 bridgehead atoms. The van der Waals surface area contributed by atoms with Gasteiger partial charge in [-0.1, -0.05) is 13.0 Å². The van der Waals surface area contributed by atoms with E-state index >= 15 is 0 Å². The second-order valence-electron chi connectivity index (χ2n) is 5.50. The summed E-state index contributed by atoms with van der Waals surface area (Å²) in [5, 5.41) is 13.3. The molecule has 0 spiro atoms. The molecule has 2 N–H and O–H groups in total. The highest BCUT2D eigenvalue weighted by molar-refractivity contribution is 5.74. The Morgan fingerprint density at radius 1 is 1.24 bits per heavy atom. The normalized spacial score (nSPS) is 12.1. The van der Waals surface area contributed by atoms with E-state index in [1.807, 2.05) is 12.1 Å². The fourth-order valence-electron chi connectivity index (χ4n) is 2.56. The van der Waals surface area contributed by atoms with Crippen LogP contribution in [0.1, 0.15) is 30.8 Å². The summed E-state index contributed by atoms with van der Waals surface area (Å²) in [6.45, 7) is 1.93. The Hall–Kier alpha value is -3.03. The molecule has 0 aliphatic carbocycles. The summed E-state index contributed by atoms with van der Waals surface area (Å²) in [6, 6.07) is 7.53. The maximum atomic E-state index is 13.9. The van der Waals surface area contributed by atoms with E-state index in [1.165, 1.54) is 0 Å². The van der Waals surface area contributed by atoms with Gasteiger partial charge in [-0.15, -0.1) is 10.2 Å². The molecule has 2 amide bonds. The molecule has 25 heavy (non-hydrogen) atoms. The molecular formula is C17H17F2N5O. The van der Waals surface area contributed by atoms with Crippen LogP contribution >= 0.6 is 0 Å². The van der Waals surface area contributed by atoms with E-state index in [4.69, 9.17) is 0 Å². The van der Waals surface area contributed by atoms with E-state index in [9.17, 15) is 13.6 Å². The van der Waals surface area contributed by atoms with Gasteiger partial charge in [-0.3, -0.25) is 4.40 Å². The van der Waals surface area contributed by atoms with Crippen molar-refractivity contribution in [2.75, 3.05) is 0 Å². The van der Waals surface area contributed by atoms with Gasteiger partial charge in [0.1, 0.15) is 11.6 Å². The van der Waals surface area contributed by atoms with Crippen molar-refractivity contribution in [3.63, 3.8) is 0 Å². The van der Waals surface area contributed by atoms with E-state index in [0.717, 1.165) is 18.2 Å². The molecule has 3 aromatic rings. The van der Waals surface area contributed by atoms with Crippen LogP contribution in [-0.2, 0) is 6.54 Å². The van der Waals surface area contributed by atoms with Crippen molar-refractivity contribution in [2.45, 2.75) is 25.9 Å². The Bertz CT molecular complexity index is 896. The van der Waals surface area contributed by atoms with Crippen LogP contribution < -0.4 is 10.6 Å². The quantitative estimate of drug-likeness (QED) is 0.747. The Labute approximate surface area is 142 Å². The molecule has 0 aliphatic heterocycles. The first-order chi connectivity index (χ1) is 12.1. The first kappa shape index (κ1) is 16.8. The second-order valence-corrected chi connectivity index (χ2v) is 5.50. The second kappa shape index (κ2) is 7.25. The number of halogens is 2. The number of pyridine rings is 1. The lowest BCUT2D eigenvalue weighted by Gasteiger charge is -2.18. The van der Waals surface area contributed by atoms with Crippen molar-refractivity contribution in [1.29, 1.82) is 0 Å². The lowest BCUT2D eigenvalue weighted by molar-refractivity contribution is 0.235. The predicted molar refractivity (Wildman–Crippen MR) is 87.7 cm³/mol. The smallest absolute Gasteiger partial charge is 0.315 e. The molecule has 6 nitrogen and oxygen atoms in total. The van der Waals surface area contributed by atoms with E-state index in [0.29, 0.717) is 17.9 Å².